The van der Waals surface area contributed by atoms with Crippen molar-refractivity contribution < 1.29 is 4.39 Å². The molecule has 4 nitrogen and oxygen atoms in total. The quantitative estimate of drug-likeness (QED) is 0.883. The van der Waals surface area contributed by atoms with E-state index in [1.165, 1.54) is 12.1 Å². The van der Waals surface area contributed by atoms with Crippen molar-refractivity contribution in [1.82, 2.24) is 9.97 Å². The third-order valence-corrected chi connectivity index (χ3v) is 3.62. The largest absolute Gasteiger partial charge is 0.373 e. The van der Waals surface area contributed by atoms with Crippen molar-refractivity contribution >= 4 is 33.3 Å². The molecule has 6 heteroatoms. The molecule has 0 bridgehead atoms. The summed E-state index contributed by atoms with van der Waals surface area (Å²) in [7, 11) is 1.82. The van der Waals surface area contributed by atoms with Gasteiger partial charge in [0, 0.05) is 23.5 Å². The van der Waals surface area contributed by atoms with Gasteiger partial charge in [0.05, 0.1) is 5.69 Å². The van der Waals surface area contributed by atoms with Crippen LogP contribution in [0.25, 0.3) is 0 Å². The molecule has 0 saturated carbocycles. The lowest BCUT2D eigenvalue weighted by Crippen LogP contribution is -2.07. The van der Waals surface area contributed by atoms with Gasteiger partial charge < -0.3 is 10.6 Å². The maximum atomic E-state index is 13.3. The van der Waals surface area contributed by atoms with Crippen LogP contribution in [0.1, 0.15) is 18.3 Å². The topological polar surface area (TPSA) is 49.8 Å². The molecule has 0 saturated heterocycles. The van der Waals surface area contributed by atoms with Crippen LogP contribution in [0.5, 0.6) is 0 Å². The van der Waals surface area contributed by atoms with Crippen molar-refractivity contribution in [2.75, 3.05) is 17.7 Å². The van der Waals surface area contributed by atoms with Crippen molar-refractivity contribution in [3.05, 3.63) is 39.9 Å². The normalized spacial score (nSPS) is 10.4. The highest BCUT2D eigenvalue weighted by Crippen LogP contribution is 2.29. The molecule has 1 heterocycles. The van der Waals surface area contributed by atoms with E-state index in [0.717, 1.165) is 28.1 Å². The van der Waals surface area contributed by atoms with Gasteiger partial charge in [-0.25, -0.2) is 14.4 Å². The van der Waals surface area contributed by atoms with Gasteiger partial charge in [-0.3, -0.25) is 0 Å². The van der Waals surface area contributed by atoms with Crippen molar-refractivity contribution in [1.29, 1.82) is 0 Å². The molecule has 0 radical (unpaired) electrons. The van der Waals surface area contributed by atoms with Gasteiger partial charge in [0.25, 0.3) is 0 Å². The van der Waals surface area contributed by atoms with Crippen molar-refractivity contribution in [2.24, 2.45) is 0 Å². The Balaban J connectivity index is 2.44. The standard InChI is InChI=1S/C14H16BrFN4/c1-4-12-19-13(17-3)8(2)14(20-12)18-11-7-9(16)5-6-10(11)15/h5-7H,4H2,1-3H3,(H2,17,18,19,20). The van der Waals surface area contributed by atoms with Gasteiger partial charge in [-0.05, 0) is 41.1 Å². The van der Waals surface area contributed by atoms with Crippen molar-refractivity contribution in [3.8, 4) is 0 Å². The first-order valence-electron chi connectivity index (χ1n) is 6.32. The number of hydrogen-bond acceptors (Lipinski definition) is 4. The highest BCUT2D eigenvalue weighted by Gasteiger charge is 2.11. The summed E-state index contributed by atoms with van der Waals surface area (Å²) >= 11 is 3.40. The molecule has 0 unspecified atom stereocenters. The van der Waals surface area contributed by atoms with Gasteiger partial charge in [0.2, 0.25) is 0 Å². The molecule has 2 aromatic rings. The molecule has 0 atom stereocenters. The second-order valence-corrected chi connectivity index (χ2v) is 5.17. The number of anilines is 3. The Bertz CT molecular complexity index is 631. The Kier molecular flexibility index (Phi) is 4.54. The third kappa shape index (κ3) is 3.07. The lowest BCUT2D eigenvalue weighted by atomic mass is 10.2. The molecule has 1 aromatic carbocycles. The molecule has 2 rings (SSSR count). The van der Waals surface area contributed by atoms with Crippen LogP contribution in [0, 0.1) is 12.7 Å². The molecule has 0 spiro atoms. The van der Waals surface area contributed by atoms with Gasteiger partial charge >= 0.3 is 0 Å². The Labute approximate surface area is 126 Å². The second kappa shape index (κ2) is 6.17. The zero-order valence-electron chi connectivity index (χ0n) is 11.6. The zero-order valence-corrected chi connectivity index (χ0v) is 13.2. The van der Waals surface area contributed by atoms with Gasteiger partial charge in [-0.15, -0.1) is 0 Å². The number of hydrogen-bond donors (Lipinski definition) is 2. The highest BCUT2D eigenvalue weighted by atomic mass is 79.9. The minimum Gasteiger partial charge on any atom is -0.373 e. The molecule has 0 fully saturated rings. The fraction of sp³-hybridized carbons (Fsp3) is 0.286. The summed E-state index contributed by atoms with van der Waals surface area (Å²) < 4.78 is 14.1. The highest BCUT2D eigenvalue weighted by molar-refractivity contribution is 9.10. The van der Waals surface area contributed by atoms with E-state index < -0.39 is 0 Å². The Hall–Kier alpha value is -1.69. The van der Waals surface area contributed by atoms with E-state index in [4.69, 9.17) is 0 Å². The molecular formula is C14H16BrFN4. The van der Waals surface area contributed by atoms with Crippen molar-refractivity contribution in [2.45, 2.75) is 20.3 Å². The summed E-state index contributed by atoms with van der Waals surface area (Å²) in [5.74, 6) is 1.88. The summed E-state index contributed by atoms with van der Waals surface area (Å²) in [6.45, 7) is 3.91. The Morgan fingerprint density at radius 2 is 1.95 bits per heavy atom. The Morgan fingerprint density at radius 3 is 2.60 bits per heavy atom. The number of nitrogens with one attached hydrogen (secondary N) is 2. The van der Waals surface area contributed by atoms with E-state index in [1.54, 1.807) is 6.07 Å². The lowest BCUT2D eigenvalue weighted by molar-refractivity contribution is 0.628. The van der Waals surface area contributed by atoms with Crippen LogP contribution in [-0.4, -0.2) is 17.0 Å². The molecule has 106 valence electrons. The minimum absolute atomic E-state index is 0.299. The molecule has 2 N–H and O–H groups in total. The number of rotatable bonds is 4. The number of aromatic nitrogens is 2. The van der Waals surface area contributed by atoms with Gasteiger partial charge in [-0.2, -0.15) is 0 Å². The summed E-state index contributed by atoms with van der Waals surface area (Å²) in [6, 6.07) is 4.49. The van der Waals surface area contributed by atoms with Gasteiger partial charge in [-0.1, -0.05) is 6.92 Å². The minimum atomic E-state index is -0.299. The van der Waals surface area contributed by atoms with E-state index >= 15 is 0 Å². The van der Waals surface area contributed by atoms with Crippen LogP contribution in [-0.2, 0) is 6.42 Å². The first-order valence-corrected chi connectivity index (χ1v) is 7.11. The smallest absolute Gasteiger partial charge is 0.139 e. The maximum absolute atomic E-state index is 13.3. The number of benzene rings is 1. The van der Waals surface area contributed by atoms with E-state index in [2.05, 4.69) is 36.5 Å². The average molecular weight is 339 g/mol. The van der Waals surface area contributed by atoms with E-state index in [9.17, 15) is 4.39 Å². The zero-order chi connectivity index (χ0) is 14.7. The molecule has 20 heavy (non-hydrogen) atoms. The lowest BCUT2D eigenvalue weighted by Gasteiger charge is -2.14. The Morgan fingerprint density at radius 1 is 1.25 bits per heavy atom. The summed E-state index contributed by atoms with van der Waals surface area (Å²) in [5, 5.41) is 6.20. The van der Waals surface area contributed by atoms with Crippen LogP contribution in [0.15, 0.2) is 22.7 Å². The van der Waals surface area contributed by atoms with Crippen LogP contribution in [0.3, 0.4) is 0 Å². The monoisotopic (exact) mass is 338 g/mol. The first kappa shape index (κ1) is 14.7. The average Bonchev–Trinajstić information content (AvgIpc) is 2.45. The van der Waals surface area contributed by atoms with Crippen LogP contribution >= 0.6 is 15.9 Å². The maximum Gasteiger partial charge on any atom is 0.139 e. The van der Waals surface area contributed by atoms with Crippen molar-refractivity contribution in [3.63, 3.8) is 0 Å². The van der Waals surface area contributed by atoms with Gasteiger partial charge in [0.15, 0.2) is 0 Å². The SMILES string of the molecule is CCc1nc(NC)c(C)c(Nc2cc(F)ccc2Br)n1. The second-order valence-electron chi connectivity index (χ2n) is 4.31. The molecule has 0 aliphatic carbocycles. The predicted octanol–water partition coefficient (Wildman–Crippen LogP) is 4.03. The fourth-order valence-corrected chi connectivity index (χ4v) is 2.15. The third-order valence-electron chi connectivity index (χ3n) is 2.93. The fourth-order valence-electron chi connectivity index (χ4n) is 1.81. The van der Waals surface area contributed by atoms with E-state index in [-0.39, 0.29) is 5.82 Å². The molecule has 0 aliphatic rings. The number of halogens is 2. The van der Waals surface area contributed by atoms with Crippen LogP contribution in [0.2, 0.25) is 0 Å². The summed E-state index contributed by atoms with van der Waals surface area (Å²) in [4.78, 5) is 8.86. The molecule has 0 amide bonds. The van der Waals surface area contributed by atoms with Crippen LogP contribution in [0.4, 0.5) is 21.7 Å². The molecule has 1 aromatic heterocycles. The predicted molar refractivity (Wildman–Crippen MR) is 83.1 cm³/mol. The number of aryl methyl sites for hydroxylation is 1. The number of nitrogens with zero attached hydrogens (tertiary/aromatic N) is 2. The van der Waals surface area contributed by atoms with E-state index in [0.29, 0.717) is 11.5 Å². The van der Waals surface area contributed by atoms with Gasteiger partial charge in [0.1, 0.15) is 23.3 Å². The van der Waals surface area contributed by atoms with Crippen LogP contribution < -0.4 is 10.6 Å². The van der Waals surface area contributed by atoms with E-state index in [1.807, 2.05) is 20.9 Å². The molecular weight excluding hydrogens is 323 g/mol. The summed E-state index contributed by atoms with van der Waals surface area (Å²) in [6.07, 6.45) is 0.730. The first-order chi connectivity index (χ1) is 9.55. The molecule has 0 aliphatic heterocycles. The summed E-state index contributed by atoms with van der Waals surface area (Å²) in [5.41, 5.74) is 1.52.